The number of sulfonamides is 1. The molecule has 3 N–H and O–H groups in total. The minimum absolute atomic E-state index is 0.0299. The second-order valence-electron chi connectivity index (χ2n) is 3.55. The Labute approximate surface area is 110 Å². The lowest BCUT2D eigenvalue weighted by molar-refractivity contribution is -0.386. The smallest absolute Gasteiger partial charge is 0.312 e. The molecule has 0 aromatic heterocycles. The molecule has 1 rings (SSSR count). The first-order valence-corrected chi connectivity index (χ1v) is 6.98. The second kappa shape index (κ2) is 6.45. The lowest BCUT2D eigenvalue weighted by atomic mass is 10.3. The van der Waals surface area contributed by atoms with Gasteiger partial charge in [-0.3, -0.25) is 10.1 Å². The Bertz CT molecular complexity index is 558. The van der Waals surface area contributed by atoms with Crippen LogP contribution < -0.4 is 10.5 Å². The number of hydrogen-bond acceptors (Lipinski definition) is 6. The normalized spacial score (nSPS) is 11.4. The van der Waals surface area contributed by atoms with Crippen LogP contribution >= 0.6 is 0 Å². The number of nitro groups is 1. The van der Waals surface area contributed by atoms with Crippen molar-refractivity contribution in [3.05, 3.63) is 28.3 Å². The zero-order valence-electron chi connectivity index (χ0n) is 10.3. The number of hydrogen-bond donors (Lipinski definition) is 2. The van der Waals surface area contributed by atoms with Crippen LogP contribution in [0.25, 0.3) is 0 Å². The summed E-state index contributed by atoms with van der Waals surface area (Å²) in [6.07, 6.45) is 0. The number of nitrogens with zero attached hydrogens (tertiary/aromatic N) is 1. The fourth-order valence-corrected chi connectivity index (χ4v) is 2.63. The number of nitrogens with two attached hydrogens (primary N) is 1. The van der Waals surface area contributed by atoms with E-state index in [0.29, 0.717) is 6.61 Å². The van der Waals surface area contributed by atoms with E-state index in [4.69, 9.17) is 10.5 Å². The van der Waals surface area contributed by atoms with Crippen LogP contribution in [-0.2, 0) is 14.8 Å². The Hall–Kier alpha value is -1.71. The van der Waals surface area contributed by atoms with Gasteiger partial charge in [0.1, 0.15) is 5.69 Å². The van der Waals surface area contributed by atoms with Crippen LogP contribution in [0.4, 0.5) is 11.4 Å². The zero-order chi connectivity index (χ0) is 14.5. The highest BCUT2D eigenvalue weighted by Gasteiger charge is 2.27. The third kappa shape index (κ3) is 3.88. The number of benzene rings is 1. The summed E-state index contributed by atoms with van der Waals surface area (Å²) >= 11 is 0. The third-order valence-electron chi connectivity index (χ3n) is 2.24. The number of ether oxygens (including phenoxy) is 1. The fraction of sp³-hybridized carbons (Fsp3) is 0.400. The van der Waals surface area contributed by atoms with Gasteiger partial charge in [-0.25, -0.2) is 13.1 Å². The Balaban J connectivity index is 3.01. The van der Waals surface area contributed by atoms with E-state index in [9.17, 15) is 18.5 Å². The Kier molecular flexibility index (Phi) is 5.21. The Morgan fingerprint density at radius 3 is 2.74 bits per heavy atom. The number of rotatable bonds is 7. The summed E-state index contributed by atoms with van der Waals surface area (Å²) in [5.41, 5.74) is 4.62. The molecular weight excluding hydrogens is 274 g/mol. The highest BCUT2D eigenvalue weighted by molar-refractivity contribution is 7.89. The van der Waals surface area contributed by atoms with Crippen LogP contribution in [0.2, 0.25) is 0 Å². The molecule has 1 aromatic rings. The van der Waals surface area contributed by atoms with Gasteiger partial charge in [-0.15, -0.1) is 0 Å². The number of nitrogen functional groups attached to an aromatic ring is 1. The van der Waals surface area contributed by atoms with E-state index in [1.807, 2.05) is 0 Å². The number of para-hydroxylation sites is 1. The van der Waals surface area contributed by atoms with Crippen LogP contribution in [-0.4, -0.2) is 33.1 Å². The second-order valence-corrected chi connectivity index (χ2v) is 5.28. The molecule has 0 saturated heterocycles. The number of anilines is 1. The van der Waals surface area contributed by atoms with Gasteiger partial charge in [0.2, 0.25) is 10.0 Å². The van der Waals surface area contributed by atoms with E-state index < -0.39 is 25.5 Å². The van der Waals surface area contributed by atoms with E-state index >= 15 is 0 Å². The van der Waals surface area contributed by atoms with Crippen molar-refractivity contribution >= 4 is 21.4 Å². The lowest BCUT2D eigenvalue weighted by Gasteiger charge is -2.08. The predicted molar refractivity (Wildman–Crippen MR) is 69.2 cm³/mol. The van der Waals surface area contributed by atoms with Crippen LogP contribution in [0.5, 0.6) is 0 Å². The van der Waals surface area contributed by atoms with Crippen molar-refractivity contribution in [2.45, 2.75) is 11.8 Å². The van der Waals surface area contributed by atoms with Crippen molar-refractivity contribution in [3.63, 3.8) is 0 Å². The fourth-order valence-electron chi connectivity index (χ4n) is 1.42. The first-order valence-electron chi connectivity index (χ1n) is 5.50. The van der Waals surface area contributed by atoms with Crippen molar-refractivity contribution in [2.75, 3.05) is 25.5 Å². The van der Waals surface area contributed by atoms with Crippen LogP contribution in [0.15, 0.2) is 23.1 Å². The summed E-state index contributed by atoms with van der Waals surface area (Å²) in [6.45, 7) is 2.45. The lowest BCUT2D eigenvalue weighted by Crippen LogP contribution is -2.28. The van der Waals surface area contributed by atoms with Crippen LogP contribution in [0.1, 0.15) is 6.92 Å². The first kappa shape index (κ1) is 15.3. The topological polar surface area (TPSA) is 125 Å². The van der Waals surface area contributed by atoms with Crippen LogP contribution in [0, 0.1) is 10.1 Å². The minimum Gasteiger partial charge on any atom is -0.393 e. The largest absolute Gasteiger partial charge is 0.393 e. The highest BCUT2D eigenvalue weighted by atomic mass is 32.2. The molecule has 0 heterocycles. The zero-order valence-corrected chi connectivity index (χ0v) is 11.1. The van der Waals surface area contributed by atoms with E-state index in [1.165, 1.54) is 12.1 Å². The Morgan fingerprint density at radius 2 is 2.16 bits per heavy atom. The third-order valence-corrected chi connectivity index (χ3v) is 3.74. The van der Waals surface area contributed by atoms with Gasteiger partial charge in [0.05, 0.1) is 11.5 Å². The van der Waals surface area contributed by atoms with E-state index in [0.717, 1.165) is 6.07 Å². The van der Waals surface area contributed by atoms with E-state index in [1.54, 1.807) is 6.92 Å². The molecule has 0 saturated carbocycles. The van der Waals surface area contributed by atoms with Crippen LogP contribution in [0.3, 0.4) is 0 Å². The van der Waals surface area contributed by atoms with Crippen molar-refractivity contribution in [1.82, 2.24) is 4.72 Å². The maximum Gasteiger partial charge on any atom is 0.312 e. The van der Waals surface area contributed by atoms with Crippen molar-refractivity contribution < 1.29 is 18.1 Å². The van der Waals surface area contributed by atoms with E-state index in [-0.39, 0.29) is 18.8 Å². The molecule has 0 aliphatic rings. The maximum absolute atomic E-state index is 11.9. The molecule has 19 heavy (non-hydrogen) atoms. The SMILES string of the molecule is CCOCCNS(=O)(=O)c1cccc(N)c1[N+](=O)[O-]. The van der Waals surface area contributed by atoms with Crippen molar-refractivity contribution in [1.29, 1.82) is 0 Å². The molecule has 1 aromatic carbocycles. The number of nitrogens with one attached hydrogen (secondary N) is 1. The summed E-state index contributed by atoms with van der Waals surface area (Å²) in [7, 11) is -3.99. The molecule has 0 unspecified atom stereocenters. The highest BCUT2D eigenvalue weighted by Crippen LogP contribution is 2.29. The van der Waals surface area contributed by atoms with Gasteiger partial charge >= 0.3 is 5.69 Å². The van der Waals surface area contributed by atoms with Crippen molar-refractivity contribution in [2.24, 2.45) is 0 Å². The summed E-state index contributed by atoms with van der Waals surface area (Å²) in [6, 6.07) is 3.76. The van der Waals surface area contributed by atoms with Gasteiger partial charge < -0.3 is 10.5 Å². The van der Waals surface area contributed by atoms with Gasteiger partial charge in [-0.1, -0.05) is 6.07 Å². The Morgan fingerprint density at radius 1 is 1.47 bits per heavy atom. The van der Waals surface area contributed by atoms with Crippen molar-refractivity contribution in [3.8, 4) is 0 Å². The molecule has 0 aliphatic heterocycles. The molecule has 0 atom stereocenters. The molecule has 8 nitrogen and oxygen atoms in total. The average Bonchev–Trinajstić information content (AvgIpc) is 2.34. The molecule has 0 amide bonds. The summed E-state index contributed by atoms with van der Waals surface area (Å²) in [5, 5.41) is 10.9. The monoisotopic (exact) mass is 289 g/mol. The molecular formula is C10H15N3O5S. The summed E-state index contributed by atoms with van der Waals surface area (Å²) in [4.78, 5) is 9.61. The van der Waals surface area contributed by atoms with Gasteiger partial charge in [-0.05, 0) is 19.1 Å². The molecule has 0 aliphatic carbocycles. The van der Waals surface area contributed by atoms with Gasteiger partial charge in [0.15, 0.2) is 4.90 Å². The van der Waals surface area contributed by atoms with Gasteiger partial charge in [-0.2, -0.15) is 0 Å². The molecule has 0 fully saturated rings. The average molecular weight is 289 g/mol. The minimum atomic E-state index is -3.99. The predicted octanol–water partition coefficient (Wildman–Crippen LogP) is 0.492. The van der Waals surface area contributed by atoms with Gasteiger partial charge in [0.25, 0.3) is 0 Å². The number of nitro benzene ring substituents is 1. The molecule has 0 radical (unpaired) electrons. The quantitative estimate of drug-likeness (QED) is 0.326. The summed E-state index contributed by atoms with van der Waals surface area (Å²) < 4.78 is 31.1. The molecule has 9 heteroatoms. The maximum atomic E-state index is 11.9. The van der Waals surface area contributed by atoms with E-state index in [2.05, 4.69) is 4.72 Å². The first-order chi connectivity index (χ1) is 8.90. The molecule has 106 valence electrons. The summed E-state index contributed by atoms with van der Waals surface area (Å²) in [5.74, 6) is 0. The molecule has 0 bridgehead atoms. The van der Waals surface area contributed by atoms with Gasteiger partial charge in [0, 0.05) is 13.2 Å². The molecule has 0 spiro atoms. The standard InChI is InChI=1S/C10H15N3O5S/c1-2-18-7-6-12-19(16,17)9-5-3-4-8(11)10(9)13(14)15/h3-5,12H,2,6-7,11H2,1H3.